The normalized spacial score (nSPS) is 16.5. The van der Waals surface area contributed by atoms with Crippen molar-refractivity contribution >= 4 is 39.9 Å². The Kier molecular flexibility index (Phi) is 9.08. The molecular weight excluding hydrogens is 518 g/mol. The molecule has 10 heteroatoms. The maximum Gasteiger partial charge on any atom is 0.350 e. The van der Waals surface area contributed by atoms with Crippen LogP contribution in [0.2, 0.25) is 0 Å². The fourth-order valence-electron chi connectivity index (χ4n) is 4.35. The third kappa shape index (κ3) is 6.01. The highest BCUT2D eigenvalue weighted by Gasteiger charge is 2.48. The number of aromatic nitrogens is 2. The molecule has 0 aliphatic carbocycles. The number of aryl methyl sites for hydroxylation is 1. The number of aliphatic hydroxyl groups is 1. The summed E-state index contributed by atoms with van der Waals surface area (Å²) in [5, 5.41) is 11.4. The molecule has 1 saturated heterocycles. The zero-order chi connectivity index (χ0) is 27.9. The lowest BCUT2D eigenvalue weighted by Crippen LogP contribution is -2.29. The van der Waals surface area contributed by atoms with Crippen LogP contribution >= 0.6 is 11.3 Å². The first kappa shape index (κ1) is 28.0. The molecule has 3 heterocycles. The van der Waals surface area contributed by atoms with E-state index in [0.717, 1.165) is 37.0 Å². The van der Waals surface area contributed by atoms with Gasteiger partial charge in [-0.25, -0.2) is 9.78 Å². The molecule has 1 amide bonds. The van der Waals surface area contributed by atoms with Gasteiger partial charge in [-0.05, 0) is 50.1 Å². The first-order chi connectivity index (χ1) is 18.9. The van der Waals surface area contributed by atoms with Gasteiger partial charge in [-0.1, -0.05) is 49.7 Å². The minimum atomic E-state index is -0.975. The molecule has 1 atom stereocenters. The average molecular weight is 550 g/mol. The number of amides is 1. The molecule has 0 spiro atoms. The van der Waals surface area contributed by atoms with Crippen LogP contribution in [0.3, 0.4) is 0 Å². The van der Waals surface area contributed by atoms with E-state index in [9.17, 15) is 19.5 Å². The van der Waals surface area contributed by atoms with Crippen LogP contribution in [-0.4, -0.2) is 45.9 Å². The highest BCUT2D eigenvalue weighted by Crippen LogP contribution is 2.44. The number of Topliss-reactive ketones (excluding diaryl/α,β-unsaturated/α-hetero) is 1. The number of ether oxygens (including phenoxy) is 2. The van der Waals surface area contributed by atoms with Crippen molar-refractivity contribution in [2.75, 3.05) is 18.1 Å². The molecule has 1 aliphatic heterocycles. The predicted octanol–water partition coefficient (Wildman–Crippen LogP) is 5.61. The Balaban J connectivity index is 1.75. The summed E-state index contributed by atoms with van der Waals surface area (Å²) >= 11 is 0.968. The van der Waals surface area contributed by atoms with E-state index in [1.165, 1.54) is 17.3 Å². The second-order valence-electron chi connectivity index (χ2n) is 9.01. The van der Waals surface area contributed by atoms with Gasteiger partial charge in [0.05, 0.1) is 30.5 Å². The van der Waals surface area contributed by atoms with Gasteiger partial charge in [-0.3, -0.25) is 19.5 Å². The second-order valence-corrected chi connectivity index (χ2v) is 9.99. The summed E-state index contributed by atoms with van der Waals surface area (Å²) in [5.41, 5.74) is 1.23. The topological polar surface area (TPSA) is 119 Å². The summed E-state index contributed by atoms with van der Waals surface area (Å²) in [6, 6.07) is 9.22. The maximum absolute atomic E-state index is 13.4. The maximum atomic E-state index is 13.4. The Morgan fingerprint density at radius 3 is 2.44 bits per heavy atom. The van der Waals surface area contributed by atoms with Crippen LogP contribution in [-0.2, 0) is 14.3 Å². The van der Waals surface area contributed by atoms with E-state index in [0.29, 0.717) is 29.2 Å². The van der Waals surface area contributed by atoms with E-state index in [1.807, 2.05) is 0 Å². The number of benzene rings is 1. The summed E-state index contributed by atoms with van der Waals surface area (Å²) in [4.78, 5) is 49.1. The van der Waals surface area contributed by atoms with E-state index >= 15 is 0 Å². The summed E-state index contributed by atoms with van der Waals surface area (Å²) in [6.07, 6.45) is 7.33. The molecule has 1 unspecified atom stereocenters. The van der Waals surface area contributed by atoms with Crippen molar-refractivity contribution < 1.29 is 29.0 Å². The number of aliphatic hydroxyl groups excluding tert-OH is 1. The smallest absolute Gasteiger partial charge is 0.350 e. The fourth-order valence-corrected chi connectivity index (χ4v) is 5.33. The number of anilines is 1. The molecule has 1 aromatic carbocycles. The van der Waals surface area contributed by atoms with Crippen molar-refractivity contribution in [2.24, 2.45) is 0 Å². The molecule has 0 bridgehead atoms. The number of rotatable bonds is 11. The Labute approximate surface area is 231 Å². The van der Waals surface area contributed by atoms with Gasteiger partial charge in [0.15, 0.2) is 5.13 Å². The van der Waals surface area contributed by atoms with E-state index in [1.54, 1.807) is 50.2 Å². The highest BCUT2D eigenvalue weighted by atomic mass is 32.1. The lowest BCUT2D eigenvalue weighted by atomic mass is 9.95. The molecule has 0 saturated carbocycles. The van der Waals surface area contributed by atoms with Crippen molar-refractivity contribution in [1.82, 2.24) is 9.97 Å². The van der Waals surface area contributed by atoms with Gasteiger partial charge in [0.1, 0.15) is 16.4 Å². The number of pyridine rings is 1. The van der Waals surface area contributed by atoms with Gasteiger partial charge < -0.3 is 14.6 Å². The Bertz CT molecular complexity index is 1370. The molecule has 9 nitrogen and oxygen atoms in total. The lowest BCUT2D eigenvalue weighted by Gasteiger charge is -2.23. The standard InChI is InChI=1S/C29H31N3O6S/c1-4-6-7-8-17-38-21-11-9-19(10-12-21)23-22(24(33)20-13-15-30-16-14-20)25(34)27(35)32(23)29-31-18(3)26(39-29)28(36)37-5-2/h9-16,23,33H,4-8,17H2,1-3H3. The zero-order valence-corrected chi connectivity index (χ0v) is 23.0. The van der Waals surface area contributed by atoms with Crippen LogP contribution in [0, 0.1) is 6.92 Å². The SMILES string of the molecule is CCCCCCOc1ccc(C2C(=C(O)c3ccncc3)C(=O)C(=O)N2c2nc(C)c(C(=O)OCC)s2)cc1. The van der Waals surface area contributed by atoms with Gasteiger partial charge in [0.2, 0.25) is 0 Å². The summed E-state index contributed by atoms with van der Waals surface area (Å²) in [5.74, 6) is -1.91. The third-order valence-electron chi connectivity index (χ3n) is 6.31. The molecule has 1 fully saturated rings. The van der Waals surface area contributed by atoms with Gasteiger partial charge in [0.25, 0.3) is 5.78 Å². The van der Waals surface area contributed by atoms with Crippen LogP contribution in [0.4, 0.5) is 5.13 Å². The number of carbonyl (C=O) groups is 3. The number of hydrogen-bond acceptors (Lipinski definition) is 9. The minimum absolute atomic E-state index is 0.0787. The molecule has 204 valence electrons. The summed E-state index contributed by atoms with van der Waals surface area (Å²) < 4.78 is 11.0. The van der Waals surface area contributed by atoms with Crippen molar-refractivity contribution in [3.8, 4) is 5.75 Å². The number of unbranched alkanes of at least 4 members (excludes halogenated alkanes) is 3. The largest absolute Gasteiger partial charge is 0.507 e. The van der Waals surface area contributed by atoms with Crippen molar-refractivity contribution in [1.29, 1.82) is 0 Å². The average Bonchev–Trinajstić information content (AvgIpc) is 3.45. The summed E-state index contributed by atoms with van der Waals surface area (Å²) in [6.45, 7) is 6.28. The molecule has 2 aromatic heterocycles. The van der Waals surface area contributed by atoms with Gasteiger partial charge in [-0.2, -0.15) is 0 Å². The number of esters is 1. The van der Waals surface area contributed by atoms with E-state index < -0.39 is 23.7 Å². The number of thiazole rings is 1. The number of carbonyl (C=O) groups excluding carboxylic acids is 3. The van der Waals surface area contributed by atoms with Crippen LogP contribution < -0.4 is 9.64 Å². The molecule has 0 radical (unpaired) electrons. The second kappa shape index (κ2) is 12.7. The van der Waals surface area contributed by atoms with Gasteiger partial charge in [0, 0.05) is 18.0 Å². The third-order valence-corrected chi connectivity index (χ3v) is 7.45. The van der Waals surface area contributed by atoms with Crippen molar-refractivity contribution in [3.05, 3.63) is 76.1 Å². The Morgan fingerprint density at radius 1 is 1.05 bits per heavy atom. The predicted molar refractivity (Wildman–Crippen MR) is 148 cm³/mol. The highest BCUT2D eigenvalue weighted by molar-refractivity contribution is 7.17. The molecule has 1 aliphatic rings. The van der Waals surface area contributed by atoms with Crippen LogP contribution in [0.25, 0.3) is 5.76 Å². The van der Waals surface area contributed by atoms with Crippen molar-refractivity contribution in [2.45, 2.75) is 52.5 Å². The van der Waals surface area contributed by atoms with Crippen LogP contribution in [0.15, 0.2) is 54.4 Å². The zero-order valence-electron chi connectivity index (χ0n) is 22.2. The quantitative estimate of drug-likeness (QED) is 0.108. The first-order valence-corrected chi connectivity index (χ1v) is 13.8. The van der Waals surface area contributed by atoms with Gasteiger partial charge in [-0.15, -0.1) is 0 Å². The lowest BCUT2D eigenvalue weighted by molar-refractivity contribution is -0.132. The van der Waals surface area contributed by atoms with Crippen LogP contribution in [0.1, 0.15) is 72.1 Å². The minimum Gasteiger partial charge on any atom is -0.507 e. The number of hydrogen-bond donors (Lipinski definition) is 1. The molecule has 4 rings (SSSR count). The van der Waals surface area contributed by atoms with E-state index in [2.05, 4.69) is 16.9 Å². The first-order valence-electron chi connectivity index (χ1n) is 13.0. The monoisotopic (exact) mass is 549 g/mol. The Morgan fingerprint density at radius 2 is 1.77 bits per heavy atom. The van der Waals surface area contributed by atoms with Crippen LogP contribution in [0.5, 0.6) is 5.75 Å². The Hall–Kier alpha value is -4.05. The number of ketones is 1. The molecule has 3 aromatic rings. The van der Waals surface area contributed by atoms with Gasteiger partial charge >= 0.3 is 11.9 Å². The molecule has 39 heavy (non-hydrogen) atoms. The number of nitrogens with zero attached hydrogens (tertiary/aromatic N) is 3. The molecular formula is C29H31N3O6S. The molecule has 1 N–H and O–H groups in total. The fraction of sp³-hybridized carbons (Fsp3) is 0.345. The van der Waals surface area contributed by atoms with E-state index in [-0.39, 0.29) is 27.9 Å². The van der Waals surface area contributed by atoms with E-state index in [4.69, 9.17) is 9.47 Å². The van der Waals surface area contributed by atoms with Crippen molar-refractivity contribution in [3.63, 3.8) is 0 Å². The summed E-state index contributed by atoms with van der Waals surface area (Å²) in [7, 11) is 0.